The Morgan fingerprint density at radius 2 is 1.93 bits per heavy atom. The van der Waals surface area contributed by atoms with Crippen LogP contribution in [0.4, 0.5) is 0 Å². The predicted octanol–water partition coefficient (Wildman–Crippen LogP) is 0.500. The molecule has 0 aliphatic carbocycles. The molecule has 0 bridgehead atoms. The fraction of sp³-hybridized carbons (Fsp3) is 0.100. The average Bonchev–Trinajstić information content (AvgIpc) is 2.27. The summed E-state index contributed by atoms with van der Waals surface area (Å²) in [7, 11) is 0. The van der Waals surface area contributed by atoms with Crippen LogP contribution < -0.4 is 5.84 Å². The smallest absolute Gasteiger partial charge is 0.272 e. The molecule has 0 aliphatic rings. The van der Waals surface area contributed by atoms with Gasteiger partial charge in [-0.3, -0.25) is 14.6 Å². The molecule has 0 unspecified atom stereocenters. The van der Waals surface area contributed by atoms with Gasteiger partial charge in [-0.1, -0.05) is 6.58 Å². The number of nitrogens with two attached hydrogens (primary N) is 1. The van der Waals surface area contributed by atoms with Crippen LogP contribution in [-0.2, 0) is 4.79 Å². The molecule has 0 radical (unpaired) electrons. The van der Waals surface area contributed by atoms with Crippen LogP contribution in [0.2, 0.25) is 0 Å². The summed E-state index contributed by atoms with van der Waals surface area (Å²) < 4.78 is 0. The molecule has 1 aromatic rings. The summed E-state index contributed by atoms with van der Waals surface area (Å²) in [4.78, 5) is 26.4. The Kier molecular flexibility index (Phi) is 3.30. The normalized spacial score (nSPS) is 9.47. The number of hydrazine groups is 1. The number of nitrogens with zero attached hydrogens (tertiary/aromatic N) is 2. The van der Waals surface area contributed by atoms with Crippen LogP contribution >= 0.6 is 0 Å². The molecular formula is C10H11N3O2. The van der Waals surface area contributed by atoms with E-state index in [1.165, 1.54) is 31.5 Å². The molecule has 1 heterocycles. The summed E-state index contributed by atoms with van der Waals surface area (Å²) in [6.45, 7) is 4.71. The third-order valence-electron chi connectivity index (χ3n) is 1.84. The van der Waals surface area contributed by atoms with Crippen molar-refractivity contribution in [2.75, 3.05) is 0 Å². The van der Waals surface area contributed by atoms with Gasteiger partial charge in [0.1, 0.15) is 0 Å². The molecule has 0 saturated heterocycles. The number of amides is 1. The molecule has 0 aliphatic heterocycles. The molecule has 0 fully saturated rings. The van der Waals surface area contributed by atoms with Gasteiger partial charge in [0, 0.05) is 24.9 Å². The first-order chi connectivity index (χ1) is 7.04. The highest BCUT2D eigenvalue weighted by molar-refractivity contribution is 6.01. The molecular weight excluding hydrogens is 194 g/mol. The van der Waals surface area contributed by atoms with Crippen molar-refractivity contribution in [3.63, 3.8) is 0 Å². The van der Waals surface area contributed by atoms with Crippen molar-refractivity contribution in [1.82, 2.24) is 9.99 Å². The van der Waals surface area contributed by atoms with Crippen molar-refractivity contribution < 1.29 is 9.59 Å². The van der Waals surface area contributed by atoms with Gasteiger partial charge in [0.25, 0.3) is 5.91 Å². The molecule has 0 atom stereocenters. The zero-order valence-corrected chi connectivity index (χ0v) is 8.30. The maximum absolute atomic E-state index is 11.7. The molecule has 2 N–H and O–H groups in total. The van der Waals surface area contributed by atoms with E-state index in [0.717, 1.165) is 5.01 Å². The summed E-state index contributed by atoms with van der Waals surface area (Å²) >= 11 is 0. The standard InChI is InChI=1S/C10H11N3O2/c1-7(8(2)14)13(11)10(15)9-3-5-12-6-4-9/h3-6H,1,11H2,2H3. The maximum atomic E-state index is 11.7. The number of hydrogen-bond acceptors (Lipinski definition) is 4. The quantitative estimate of drug-likeness (QED) is 0.337. The Morgan fingerprint density at radius 1 is 1.40 bits per heavy atom. The first-order valence-corrected chi connectivity index (χ1v) is 4.23. The van der Waals surface area contributed by atoms with Crippen LogP contribution in [0.3, 0.4) is 0 Å². The minimum atomic E-state index is -0.488. The number of ketones is 1. The largest absolute Gasteiger partial charge is 0.293 e. The highest BCUT2D eigenvalue weighted by Gasteiger charge is 2.17. The Bertz CT molecular complexity index is 400. The second-order valence-corrected chi connectivity index (χ2v) is 2.91. The van der Waals surface area contributed by atoms with Gasteiger partial charge < -0.3 is 0 Å². The van der Waals surface area contributed by atoms with Crippen molar-refractivity contribution in [3.8, 4) is 0 Å². The molecule has 0 spiro atoms. The minimum Gasteiger partial charge on any atom is -0.293 e. The summed E-state index contributed by atoms with van der Waals surface area (Å²) in [5.74, 6) is 4.60. The van der Waals surface area contributed by atoms with E-state index in [1.807, 2.05) is 0 Å². The number of Topliss-reactive ketones (excluding diaryl/α,β-unsaturated/α-hetero) is 1. The van der Waals surface area contributed by atoms with Crippen molar-refractivity contribution in [2.45, 2.75) is 6.92 Å². The van der Waals surface area contributed by atoms with Crippen molar-refractivity contribution >= 4 is 11.7 Å². The molecule has 0 saturated carbocycles. The van der Waals surface area contributed by atoms with E-state index in [9.17, 15) is 9.59 Å². The highest BCUT2D eigenvalue weighted by atomic mass is 16.2. The Balaban J connectivity index is 2.87. The predicted molar refractivity (Wildman–Crippen MR) is 54.4 cm³/mol. The number of aromatic nitrogens is 1. The van der Waals surface area contributed by atoms with Gasteiger partial charge in [-0.2, -0.15) is 0 Å². The van der Waals surface area contributed by atoms with Crippen LogP contribution in [0.15, 0.2) is 36.8 Å². The number of carbonyl (C=O) groups excluding carboxylic acids is 2. The summed E-state index contributed by atoms with van der Waals surface area (Å²) in [6, 6.07) is 3.02. The highest BCUT2D eigenvalue weighted by Crippen LogP contribution is 2.05. The van der Waals surface area contributed by atoms with Crippen LogP contribution in [0.1, 0.15) is 17.3 Å². The number of rotatable bonds is 3. The fourth-order valence-corrected chi connectivity index (χ4v) is 0.926. The summed E-state index contributed by atoms with van der Waals surface area (Å²) in [5.41, 5.74) is 0.312. The molecule has 5 nitrogen and oxygen atoms in total. The summed E-state index contributed by atoms with van der Waals surface area (Å²) in [6.07, 6.45) is 2.94. The van der Waals surface area contributed by atoms with E-state index >= 15 is 0 Å². The maximum Gasteiger partial charge on any atom is 0.272 e. The number of hydrogen-bond donors (Lipinski definition) is 1. The SMILES string of the molecule is C=C(C(C)=O)N(N)C(=O)c1ccncc1. The lowest BCUT2D eigenvalue weighted by molar-refractivity contribution is -0.114. The first kappa shape index (κ1) is 11.1. The van der Waals surface area contributed by atoms with Gasteiger partial charge in [-0.15, -0.1) is 0 Å². The van der Waals surface area contributed by atoms with Crippen molar-refractivity contribution in [3.05, 3.63) is 42.4 Å². The fourth-order valence-electron chi connectivity index (χ4n) is 0.926. The molecule has 78 valence electrons. The molecule has 0 aromatic carbocycles. The van der Waals surface area contributed by atoms with Gasteiger partial charge >= 0.3 is 0 Å². The van der Waals surface area contributed by atoms with Crippen LogP contribution in [0.25, 0.3) is 0 Å². The Morgan fingerprint density at radius 3 is 2.40 bits per heavy atom. The second kappa shape index (κ2) is 4.47. The number of pyridine rings is 1. The second-order valence-electron chi connectivity index (χ2n) is 2.91. The van der Waals surface area contributed by atoms with Gasteiger partial charge in [0.15, 0.2) is 5.78 Å². The Hall–Kier alpha value is -2.01. The molecule has 1 aromatic heterocycles. The minimum absolute atomic E-state index is 0.0446. The topological polar surface area (TPSA) is 76.3 Å². The third kappa shape index (κ3) is 2.47. The van der Waals surface area contributed by atoms with Gasteiger partial charge in [-0.05, 0) is 12.1 Å². The van der Waals surface area contributed by atoms with Gasteiger partial charge in [0.2, 0.25) is 0 Å². The lowest BCUT2D eigenvalue weighted by Crippen LogP contribution is -2.38. The van der Waals surface area contributed by atoms with E-state index in [2.05, 4.69) is 11.6 Å². The van der Waals surface area contributed by atoms with E-state index in [0.29, 0.717) is 5.56 Å². The monoisotopic (exact) mass is 205 g/mol. The van der Waals surface area contributed by atoms with E-state index < -0.39 is 5.91 Å². The zero-order valence-electron chi connectivity index (χ0n) is 8.30. The van der Waals surface area contributed by atoms with E-state index in [-0.39, 0.29) is 11.5 Å². The van der Waals surface area contributed by atoms with Gasteiger partial charge in [0.05, 0.1) is 5.70 Å². The number of carbonyl (C=O) groups is 2. The van der Waals surface area contributed by atoms with Crippen LogP contribution in [0, 0.1) is 0 Å². The molecule has 5 heteroatoms. The lowest BCUT2D eigenvalue weighted by Gasteiger charge is -2.16. The Labute approximate surface area is 87.2 Å². The molecule has 1 amide bonds. The van der Waals surface area contributed by atoms with Crippen LogP contribution in [0.5, 0.6) is 0 Å². The van der Waals surface area contributed by atoms with Crippen LogP contribution in [-0.4, -0.2) is 21.7 Å². The lowest BCUT2D eigenvalue weighted by atomic mass is 10.2. The van der Waals surface area contributed by atoms with E-state index in [1.54, 1.807) is 0 Å². The van der Waals surface area contributed by atoms with Crippen molar-refractivity contribution in [2.24, 2.45) is 5.84 Å². The zero-order chi connectivity index (χ0) is 11.4. The van der Waals surface area contributed by atoms with E-state index in [4.69, 9.17) is 5.84 Å². The van der Waals surface area contributed by atoms with Gasteiger partial charge in [-0.25, -0.2) is 10.9 Å². The summed E-state index contributed by atoms with van der Waals surface area (Å²) in [5, 5.41) is 0.734. The molecule has 1 rings (SSSR count). The average molecular weight is 205 g/mol. The van der Waals surface area contributed by atoms with Crippen molar-refractivity contribution in [1.29, 1.82) is 0 Å². The first-order valence-electron chi connectivity index (χ1n) is 4.23. The molecule has 15 heavy (non-hydrogen) atoms. The number of allylic oxidation sites excluding steroid dienone is 1. The third-order valence-corrected chi connectivity index (χ3v) is 1.84.